The summed E-state index contributed by atoms with van der Waals surface area (Å²) in [5, 5.41) is 20.3. The Kier molecular flexibility index (Phi) is 37.9. The summed E-state index contributed by atoms with van der Waals surface area (Å²) in [6.45, 7) is 4.44. The monoisotopic (exact) mass is 624 g/mol. The third-order valence-corrected chi connectivity index (χ3v) is 6.11. The summed E-state index contributed by atoms with van der Waals surface area (Å²) in [7, 11) is 0. The van der Waals surface area contributed by atoms with E-state index in [2.05, 4.69) is 13.8 Å². The molecular weight excluding hydrogens is 571 g/mol. The van der Waals surface area contributed by atoms with Crippen LogP contribution in [0.2, 0.25) is 0 Å². The van der Waals surface area contributed by atoms with Gasteiger partial charge in [0.25, 0.3) is 0 Å². The number of hydrogen-bond acceptors (Lipinski definition) is 8. The minimum Gasteiger partial charge on any atom is -0.550 e. The molecule has 9 heteroatoms. The predicted molar refractivity (Wildman–Crippen MR) is 153 cm³/mol. The third kappa shape index (κ3) is 42.5. The van der Waals surface area contributed by atoms with E-state index in [4.69, 9.17) is 9.47 Å². The zero-order chi connectivity index (χ0) is 30.1. The van der Waals surface area contributed by atoms with Crippen molar-refractivity contribution < 1.29 is 55.4 Å². The number of allylic oxidation sites excluding steroid dienone is 2. The fourth-order valence-electron chi connectivity index (χ4n) is 3.70. The Balaban J connectivity index is -0.000000688. The fraction of sp³-hybridized carbons (Fsp3) is 0.750. The quantitative estimate of drug-likeness (QED) is 0.0480. The second-order valence-corrected chi connectivity index (χ2v) is 9.99. The van der Waals surface area contributed by atoms with Crippen molar-refractivity contribution in [1.82, 2.24) is 0 Å². The molecule has 0 saturated carbocycles. The number of carboxylic acids is 2. The van der Waals surface area contributed by atoms with Crippen molar-refractivity contribution in [2.45, 2.75) is 155 Å². The molecule has 0 aliphatic rings. The zero-order valence-corrected chi connectivity index (χ0v) is 26.4. The van der Waals surface area contributed by atoms with E-state index in [1.54, 1.807) is 0 Å². The Labute approximate surface area is 258 Å². The number of aliphatic carboxylic acids is 2. The normalized spacial score (nSPS) is 10.6. The van der Waals surface area contributed by atoms with Gasteiger partial charge in [-0.05, 0) is 50.7 Å². The maximum Gasteiger partial charge on any atom is 2.00 e. The Hall–Kier alpha value is -2.15. The van der Waals surface area contributed by atoms with Crippen LogP contribution in [0, 0.1) is 0 Å². The van der Waals surface area contributed by atoms with Crippen LogP contribution in [0.15, 0.2) is 24.7 Å². The molecule has 0 amide bonds. The van der Waals surface area contributed by atoms with Gasteiger partial charge < -0.3 is 29.3 Å². The first kappa shape index (κ1) is 43.3. The summed E-state index contributed by atoms with van der Waals surface area (Å²) >= 11 is 0. The van der Waals surface area contributed by atoms with Crippen LogP contribution >= 0.6 is 0 Å². The summed E-state index contributed by atoms with van der Waals surface area (Å²) in [6.07, 6.45) is 27.6. The van der Waals surface area contributed by atoms with Gasteiger partial charge in [-0.25, -0.2) is 0 Å². The van der Waals surface area contributed by atoms with E-state index in [0.29, 0.717) is 0 Å². The number of hydrogen-bond donors (Lipinski definition) is 0. The van der Waals surface area contributed by atoms with Crippen LogP contribution in [0.5, 0.6) is 0 Å². The number of carbonyl (C=O) groups is 4. The molecular formula is C32H54NiO8. The third-order valence-electron chi connectivity index (χ3n) is 6.11. The number of rotatable bonds is 26. The minimum atomic E-state index is -1.23. The molecule has 0 atom stereocenters. The van der Waals surface area contributed by atoms with Crippen molar-refractivity contribution in [2.24, 2.45) is 0 Å². The average molecular weight is 625 g/mol. The number of carboxylic acid groups (broad SMARTS) is 2. The van der Waals surface area contributed by atoms with Gasteiger partial charge in [0, 0.05) is 11.9 Å². The van der Waals surface area contributed by atoms with E-state index in [-0.39, 0.29) is 42.2 Å². The molecule has 0 radical (unpaired) electrons. The smallest absolute Gasteiger partial charge is 0.550 e. The Bertz CT molecular complexity index is 633. The summed E-state index contributed by atoms with van der Waals surface area (Å²) in [4.78, 5) is 42.3. The van der Waals surface area contributed by atoms with Gasteiger partial charge in [0.15, 0.2) is 0 Å². The zero-order valence-electron chi connectivity index (χ0n) is 25.4. The molecule has 0 fully saturated rings. The van der Waals surface area contributed by atoms with Gasteiger partial charge in [0.2, 0.25) is 0 Å². The minimum absolute atomic E-state index is 0. The molecule has 0 bridgehead atoms. The Morgan fingerprint density at radius 2 is 0.780 bits per heavy atom. The summed E-state index contributed by atoms with van der Waals surface area (Å²) in [5.41, 5.74) is 0. The van der Waals surface area contributed by atoms with Gasteiger partial charge in [0.05, 0.1) is 25.4 Å². The van der Waals surface area contributed by atoms with Crippen LogP contribution < -0.4 is 10.2 Å². The van der Waals surface area contributed by atoms with Crippen molar-refractivity contribution in [3.8, 4) is 0 Å². The molecule has 0 N–H and O–H groups in total. The van der Waals surface area contributed by atoms with E-state index in [1.807, 2.05) is 12.2 Å². The maximum absolute atomic E-state index is 11.0. The number of carbonyl (C=O) groups excluding carboxylic acids is 4. The van der Waals surface area contributed by atoms with E-state index < -0.39 is 23.9 Å². The van der Waals surface area contributed by atoms with E-state index in [1.165, 1.54) is 102 Å². The molecule has 0 heterocycles. The molecule has 0 unspecified atom stereocenters. The van der Waals surface area contributed by atoms with Gasteiger partial charge in [-0.2, -0.15) is 0 Å². The first-order valence-electron chi connectivity index (χ1n) is 15.4. The molecule has 0 rings (SSSR count). The average Bonchev–Trinajstić information content (AvgIpc) is 2.92. The van der Waals surface area contributed by atoms with Crippen LogP contribution in [0.25, 0.3) is 0 Å². The van der Waals surface area contributed by atoms with Crippen molar-refractivity contribution in [3.05, 3.63) is 24.7 Å². The maximum atomic E-state index is 11.0. The number of ether oxygens (including phenoxy) is 2. The molecule has 8 nitrogen and oxygen atoms in total. The number of esters is 2. The number of unbranched alkanes of at least 4 members (excludes halogenated alkanes) is 16. The van der Waals surface area contributed by atoms with Crippen molar-refractivity contribution in [2.75, 3.05) is 0 Å². The van der Waals surface area contributed by atoms with Crippen molar-refractivity contribution in [1.29, 1.82) is 0 Å². The summed E-state index contributed by atoms with van der Waals surface area (Å²) in [5.74, 6) is -3.52. The van der Waals surface area contributed by atoms with Gasteiger partial charge in [0.1, 0.15) is 0 Å². The molecule has 0 aromatic carbocycles. The van der Waals surface area contributed by atoms with Crippen LogP contribution in [-0.4, -0.2) is 23.9 Å². The van der Waals surface area contributed by atoms with E-state index in [9.17, 15) is 29.4 Å². The predicted octanol–water partition coefficient (Wildman–Crippen LogP) is 6.21. The van der Waals surface area contributed by atoms with Crippen LogP contribution in [0.3, 0.4) is 0 Å². The standard InChI is InChI=1S/2C16H28O4.Ni/c2*1-2-3-4-5-6-7-8-9-10-11-14-20-16(19)13-12-15(17)18;/h2*11,14H,2-10,12-13H2,1H3,(H,17,18);/q;;+2/p-2. The molecule has 41 heavy (non-hydrogen) atoms. The van der Waals surface area contributed by atoms with Crippen molar-refractivity contribution >= 4 is 23.9 Å². The topological polar surface area (TPSA) is 133 Å². The van der Waals surface area contributed by atoms with Crippen molar-refractivity contribution in [3.63, 3.8) is 0 Å². The summed E-state index contributed by atoms with van der Waals surface area (Å²) < 4.78 is 9.51. The van der Waals surface area contributed by atoms with Crippen LogP contribution in [-0.2, 0) is 45.1 Å². The fourth-order valence-corrected chi connectivity index (χ4v) is 3.70. The van der Waals surface area contributed by atoms with Crippen LogP contribution in [0.1, 0.15) is 155 Å². The molecule has 0 aliphatic heterocycles. The molecule has 0 spiro atoms. The SMILES string of the molecule is CCCCCCCCCCC=COC(=O)CCC(=O)[O-].CCCCCCCCCCC=COC(=O)CCC(=O)[O-].[Ni+2]. The molecule has 0 aromatic rings. The molecule has 240 valence electrons. The largest absolute Gasteiger partial charge is 2.00 e. The summed E-state index contributed by atoms with van der Waals surface area (Å²) in [6, 6.07) is 0. The second kappa shape index (κ2) is 35.9. The van der Waals surface area contributed by atoms with E-state index >= 15 is 0 Å². The van der Waals surface area contributed by atoms with Gasteiger partial charge >= 0.3 is 28.4 Å². The molecule has 0 aromatic heterocycles. The van der Waals surface area contributed by atoms with Gasteiger partial charge in [-0.15, -0.1) is 0 Å². The van der Waals surface area contributed by atoms with Gasteiger partial charge in [-0.3, -0.25) is 9.59 Å². The molecule has 0 saturated heterocycles. The second-order valence-electron chi connectivity index (χ2n) is 9.99. The Morgan fingerprint density at radius 3 is 1.07 bits per heavy atom. The van der Waals surface area contributed by atoms with Crippen LogP contribution in [0.4, 0.5) is 0 Å². The molecule has 0 aliphatic carbocycles. The Morgan fingerprint density at radius 1 is 0.488 bits per heavy atom. The van der Waals surface area contributed by atoms with E-state index in [0.717, 1.165) is 25.7 Å². The first-order chi connectivity index (χ1) is 19.3. The van der Waals surface area contributed by atoms with Gasteiger partial charge in [-0.1, -0.05) is 104 Å². The first-order valence-corrected chi connectivity index (χ1v) is 15.4.